The summed E-state index contributed by atoms with van der Waals surface area (Å²) in [6, 6.07) is 19.1. The summed E-state index contributed by atoms with van der Waals surface area (Å²) < 4.78 is 36.8. The van der Waals surface area contributed by atoms with Gasteiger partial charge in [0.25, 0.3) is 0 Å². The molecule has 6 nitrogen and oxygen atoms in total. The van der Waals surface area contributed by atoms with Crippen LogP contribution >= 0.6 is 11.6 Å². The van der Waals surface area contributed by atoms with Gasteiger partial charge in [0.1, 0.15) is 11.5 Å². The van der Waals surface area contributed by atoms with Crippen LogP contribution in [0.1, 0.15) is 17.9 Å². The van der Waals surface area contributed by atoms with Gasteiger partial charge in [-0.3, -0.25) is 9.52 Å². The number of carbonyl (C=O) groups excluding carboxylic acids is 1. The summed E-state index contributed by atoms with van der Waals surface area (Å²) >= 11 is 6.45. The summed E-state index contributed by atoms with van der Waals surface area (Å²) in [7, 11) is -0.508. The van der Waals surface area contributed by atoms with E-state index in [1.165, 1.54) is 7.11 Å². The number of carbonyl (C=O) groups is 1. The van der Waals surface area contributed by atoms with Crippen LogP contribution in [0.25, 0.3) is 22.3 Å². The minimum atomic E-state index is -3.64. The van der Waals surface area contributed by atoms with E-state index in [1.54, 1.807) is 13.2 Å². The molecule has 1 amide bonds. The third kappa shape index (κ3) is 4.59. The number of benzene rings is 3. The van der Waals surface area contributed by atoms with E-state index in [-0.39, 0.29) is 12.2 Å². The maximum Gasteiger partial charge on any atom is 0.235 e. The maximum absolute atomic E-state index is 12.0. The highest BCUT2D eigenvalue weighted by atomic mass is 35.5. The quantitative estimate of drug-likeness (QED) is 0.587. The number of sulfonamides is 1. The summed E-state index contributed by atoms with van der Waals surface area (Å²) in [6.07, 6.45) is 0.0976. The predicted molar refractivity (Wildman–Crippen MR) is 125 cm³/mol. The van der Waals surface area contributed by atoms with Crippen molar-refractivity contribution in [3.05, 3.63) is 71.2 Å². The monoisotopic (exact) mass is 471 g/mol. The van der Waals surface area contributed by atoms with Crippen molar-refractivity contribution in [3.8, 4) is 33.8 Å². The van der Waals surface area contributed by atoms with Crippen molar-refractivity contribution in [2.75, 3.05) is 20.0 Å². The number of nitrogens with one attached hydrogen (secondary N) is 1. The molecule has 3 aromatic rings. The van der Waals surface area contributed by atoms with Gasteiger partial charge in [0, 0.05) is 17.9 Å². The molecule has 1 atom stereocenters. The molecule has 1 unspecified atom stereocenters. The fourth-order valence-corrected chi connectivity index (χ4v) is 5.58. The molecule has 1 aliphatic heterocycles. The summed E-state index contributed by atoms with van der Waals surface area (Å²) in [6.45, 7) is 0. The average Bonchev–Trinajstić information content (AvgIpc) is 2.77. The fraction of sp³-hybridized carbons (Fsp3) is 0.208. The molecule has 1 fully saturated rings. The zero-order valence-electron chi connectivity index (χ0n) is 17.6. The molecule has 1 saturated heterocycles. The van der Waals surface area contributed by atoms with Gasteiger partial charge in [-0.25, -0.2) is 8.42 Å². The lowest BCUT2D eigenvalue weighted by molar-refractivity contribution is -0.119. The smallest absolute Gasteiger partial charge is 0.235 e. The average molecular weight is 472 g/mol. The maximum atomic E-state index is 12.0. The van der Waals surface area contributed by atoms with Gasteiger partial charge in [-0.15, -0.1) is 0 Å². The SMILES string of the molecule is COc1ccc(-c2cccc(-c3ccc(C4CC(=O)NS(=O)(=O)C4)c(OC)c3)c2)c(Cl)c1. The fourth-order valence-electron chi connectivity index (χ4n) is 3.96. The van der Waals surface area contributed by atoms with E-state index in [2.05, 4.69) is 0 Å². The van der Waals surface area contributed by atoms with Crippen LogP contribution < -0.4 is 14.2 Å². The molecule has 1 N–H and O–H groups in total. The molecule has 3 aromatic carbocycles. The Morgan fingerprint density at radius 2 is 1.69 bits per heavy atom. The Bertz CT molecular complexity index is 1290. The van der Waals surface area contributed by atoms with E-state index < -0.39 is 21.8 Å². The highest BCUT2D eigenvalue weighted by Crippen LogP contribution is 2.37. The van der Waals surface area contributed by atoms with E-state index >= 15 is 0 Å². The molecular formula is C24H22ClNO5S. The summed E-state index contributed by atoms with van der Waals surface area (Å²) in [5, 5.41) is 0.589. The Labute approximate surface area is 192 Å². The zero-order valence-corrected chi connectivity index (χ0v) is 19.2. The van der Waals surface area contributed by atoms with Crippen LogP contribution in [-0.4, -0.2) is 34.3 Å². The van der Waals surface area contributed by atoms with Gasteiger partial charge in [0.15, 0.2) is 0 Å². The summed E-state index contributed by atoms with van der Waals surface area (Å²) in [5.41, 5.74) is 4.39. The molecule has 0 bridgehead atoms. The number of hydrogen-bond donors (Lipinski definition) is 1. The van der Waals surface area contributed by atoms with Gasteiger partial charge in [-0.05, 0) is 52.6 Å². The largest absolute Gasteiger partial charge is 0.497 e. The Balaban J connectivity index is 1.69. The molecule has 1 heterocycles. The van der Waals surface area contributed by atoms with Crippen LogP contribution in [-0.2, 0) is 14.8 Å². The van der Waals surface area contributed by atoms with Gasteiger partial charge in [-0.2, -0.15) is 0 Å². The van der Waals surface area contributed by atoms with Gasteiger partial charge in [0.05, 0.1) is 25.0 Å². The normalized spacial score (nSPS) is 17.5. The van der Waals surface area contributed by atoms with Crippen LogP contribution in [0.4, 0.5) is 0 Å². The van der Waals surface area contributed by atoms with Crippen molar-refractivity contribution < 1.29 is 22.7 Å². The Morgan fingerprint density at radius 3 is 2.38 bits per heavy atom. The van der Waals surface area contributed by atoms with Crippen LogP contribution in [0.5, 0.6) is 11.5 Å². The Morgan fingerprint density at radius 1 is 0.938 bits per heavy atom. The minimum absolute atomic E-state index is 0.0976. The van der Waals surface area contributed by atoms with Crippen LogP contribution in [0.2, 0.25) is 5.02 Å². The van der Waals surface area contributed by atoms with Crippen LogP contribution in [0.15, 0.2) is 60.7 Å². The molecule has 4 rings (SSSR count). The first-order chi connectivity index (χ1) is 15.3. The number of ether oxygens (including phenoxy) is 2. The molecule has 166 valence electrons. The van der Waals surface area contributed by atoms with Crippen molar-refractivity contribution in [2.45, 2.75) is 12.3 Å². The van der Waals surface area contributed by atoms with E-state index in [0.29, 0.717) is 22.1 Å². The van der Waals surface area contributed by atoms with E-state index in [1.807, 2.05) is 59.3 Å². The lowest BCUT2D eigenvalue weighted by Gasteiger charge is -2.24. The van der Waals surface area contributed by atoms with Crippen LogP contribution in [0, 0.1) is 0 Å². The van der Waals surface area contributed by atoms with Crippen molar-refractivity contribution in [3.63, 3.8) is 0 Å². The summed E-state index contributed by atoms with van der Waals surface area (Å²) in [4.78, 5) is 11.8. The van der Waals surface area contributed by atoms with Gasteiger partial charge in [-0.1, -0.05) is 41.9 Å². The number of methoxy groups -OCH3 is 2. The first kappa shape index (κ1) is 22.2. The molecule has 1 aliphatic rings. The topological polar surface area (TPSA) is 81.7 Å². The number of hydrogen-bond acceptors (Lipinski definition) is 5. The van der Waals surface area contributed by atoms with E-state index in [9.17, 15) is 13.2 Å². The highest BCUT2D eigenvalue weighted by Gasteiger charge is 2.32. The molecule has 32 heavy (non-hydrogen) atoms. The number of amides is 1. The molecule has 0 spiro atoms. The first-order valence-corrected chi connectivity index (χ1v) is 12.0. The second-order valence-corrected chi connectivity index (χ2v) is 9.77. The third-order valence-electron chi connectivity index (χ3n) is 5.48. The van der Waals surface area contributed by atoms with Gasteiger partial charge >= 0.3 is 0 Å². The van der Waals surface area contributed by atoms with Gasteiger partial charge < -0.3 is 9.47 Å². The molecule has 0 saturated carbocycles. The second kappa shape index (κ2) is 8.84. The van der Waals surface area contributed by atoms with Gasteiger partial charge in [0.2, 0.25) is 15.9 Å². The van der Waals surface area contributed by atoms with E-state index in [0.717, 1.165) is 22.3 Å². The van der Waals surface area contributed by atoms with Crippen LogP contribution in [0.3, 0.4) is 0 Å². The number of halogens is 1. The molecule has 0 radical (unpaired) electrons. The Kier molecular flexibility index (Phi) is 6.13. The second-order valence-electron chi connectivity index (χ2n) is 7.59. The predicted octanol–water partition coefficient (Wildman–Crippen LogP) is 4.62. The molecule has 0 aromatic heterocycles. The van der Waals surface area contributed by atoms with Crippen molar-refractivity contribution >= 4 is 27.5 Å². The summed E-state index contributed by atoms with van der Waals surface area (Å²) in [5.74, 6) is 0.123. The number of rotatable bonds is 5. The van der Waals surface area contributed by atoms with Crippen molar-refractivity contribution in [1.29, 1.82) is 0 Å². The van der Waals surface area contributed by atoms with Crippen molar-refractivity contribution in [2.24, 2.45) is 0 Å². The Hall–Kier alpha value is -3.03. The standard InChI is InChI=1S/C24H22ClNO5S/c1-30-19-7-9-20(22(25)13-19)17-5-3-4-15(10-17)16-6-8-21(23(11-16)31-2)18-12-24(27)26-32(28,29)14-18/h3-11,13,18H,12,14H2,1-2H3,(H,26,27). The first-order valence-electron chi connectivity index (χ1n) is 9.95. The minimum Gasteiger partial charge on any atom is -0.497 e. The lowest BCUT2D eigenvalue weighted by atomic mass is 9.92. The van der Waals surface area contributed by atoms with Crippen molar-refractivity contribution in [1.82, 2.24) is 4.72 Å². The lowest BCUT2D eigenvalue weighted by Crippen LogP contribution is -2.40. The molecule has 8 heteroatoms. The zero-order chi connectivity index (χ0) is 22.9. The van der Waals surface area contributed by atoms with E-state index in [4.69, 9.17) is 21.1 Å². The highest BCUT2D eigenvalue weighted by molar-refractivity contribution is 7.90. The molecule has 0 aliphatic carbocycles. The third-order valence-corrected chi connectivity index (χ3v) is 7.17. The molecular weight excluding hydrogens is 450 g/mol.